The molecule has 0 fully saturated rings. The molecule has 6 heteroatoms. The Balaban J connectivity index is 2.67. The van der Waals surface area contributed by atoms with Crippen LogP contribution in [-0.2, 0) is 9.84 Å². The maximum absolute atomic E-state index is 11.0. The van der Waals surface area contributed by atoms with Crippen molar-refractivity contribution in [3.63, 3.8) is 0 Å². The van der Waals surface area contributed by atoms with Gasteiger partial charge in [-0.1, -0.05) is 0 Å². The molecule has 15 heavy (non-hydrogen) atoms. The normalized spacial score (nSPS) is 13.5. The second kappa shape index (κ2) is 4.57. The number of hydrogen-bond donors (Lipinski definition) is 1. The molecule has 1 heterocycles. The van der Waals surface area contributed by atoms with Crippen LogP contribution in [0.1, 0.15) is 12.6 Å². The molecular formula is C9H15N3O2S. The van der Waals surface area contributed by atoms with Crippen molar-refractivity contribution in [1.29, 1.82) is 0 Å². The molecule has 0 saturated carbocycles. The lowest BCUT2D eigenvalue weighted by Crippen LogP contribution is -2.26. The number of sulfone groups is 1. The molecule has 84 valence electrons. The van der Waals surface area contributed by atoms with E-state index in [9.17, 15) is 8.42 Å². The van der Waals surface area contributed by atoms with E-state index in [4.69, 9.17) is 0 Å². The van der Waals surface area contributed by atoms with E-state index in [0.29, 0.717) is 5.82 Å². The summed E-state index contributed by atoms with van der Waals surface area (Å²) < 4.78 is 22.1. The van der Waals surface area contributed by atoms with Crippen LogP contribution in [0, 0.1) is 6.92 Å². The summed E-state index contributed by atoms with van der Waals surface area (Å²) in [5.74, 6) is 0.719. The van der Waals surface area contributed by atoms with Gasteiger partial charge < -0.3 is 5.32 Å². The fourth-order valence-electron chi connectivity index (χ4n) is 1.28. The molecule has 1 unspecified atom stereocenters. The number of nitrogens with one attached hydrogen (secondary N) is 1. The summed E-state index contributed by atoms with van der Waals surface area (Å²) in [5, 5.41) is 3.01. The predicted molar refractivity (Wildman–Crippen MR) is 59.6 cm³/mol. The van der Waals surface area contributed by atoms with Gasteiger partial charge in [-0.2, -0.15) is 0 Å². The zero-order chi connectivity index (χ0) is 11.5. The van der Waals surface area contributed by atoms with E-state index in [1.165, 1.54) is 6.26 Å². The lowest BCUT2D eigenvalue weighted by atomic mass is 10.3. The first-order chi connectivity index (χ1) is 6.88. The van der Waals surface area contributed by atoms with Crippen molar-refractivity contribution in [2.24, 2.45) is 0 Å². The Bertz CT molecular complexity index is 431. The van der Waals surface area contributed by atoms with Crippen molar-refractivity contribution in [1.82, 2.24) is 9.97 Å². The van der Waals surface area contributed by atoms with E-state index >= 15 is 0 Å². The average Bonchev–Trinajstić information content (AvgIpc) is 2.05. The van der Waals surface area contributed by atoms with Gasteiger partial charge >= 0.3 is 0 Å². The minimum Gasteiger partial charge on any atom is -0.365 e. The van der Waals surface area contributed by atoms with Gasteiger partial charge in [-0.05, 0) is 13.8 Å². The van der Waals surface area contributed by atoms with Crippen LogP contribution in [0.25, 0.3) is 0 Å². The minimum absolute atomic E-state index is 0.0863. The summed E-state index contributed by atoms with van der Waals surface area (Å²) in [4.78, 5) is 8.13. The highest BCUT2D eigenvalue weighted by atomic mass is 32.2. The molecule has 1 aromatic heterocycles. The zero-order valence-corrected chi connectivity index (χ0v) is 9.87. The van der Waals surface area contributed by atoms with Gasteiger partial charge in [-0.3, -0.25) is 4.98 Å². The Hall–Kier alpha value is -1.17. The SMILES string of the molecule is Cc1nccnc1NC(C)CS(C)(=O)=O. The van der Waals surface area contributed by atoms with Gasteiger partial charge in [0, 0.05) is 24.7 Å². The van der Waals surface area contributed by atoms with Crippen LogP contribution in [-0.4, -0.2) is 36.4 Å². The molecule has 0 amide bonds. The first-order valence-electron chi connectivity index (χ1n) is 4.60. The van der Waals surface area contributed by atoms with Crippen molar-refractivity contribution in [2.75, 3.05) is 17.3 Å². The molecule has 0 spiro atoms. The van der Waals surface area contributed by atoms with Gasteiger partial charge in [-0.25, -0.2) is 13.4 Å². The molecule has 1 rings (SSSR count). The van der Waals surface area contributed by atoms with Crippen molar-refractivity contribution >= 4 is 15.7 Å². The Kier molecular flexibility index (Phi) is 3.62. The fourth-order valence-corrected chi connectivity index (χ4v) is 2.27. The Morgan fingerprint density at radius 2 is 2.00 bits per heavy atom. The molecule has 1 aromatic rings. The summed E-state index contributed by atoms with van der Waals surface area (Å²) in [6.45, 7) is 3.62. The van der Waals surface area contributed by atoms with E-state index in [1.807, 2.05) is 6.92 Å². The summed E-state index contributed by atoms with van der Waals surface area (Å²) in [6, 6.07) is -0.171. The summed E-state index contributed by atoms with van der Waals surface area (Å²) >= 11 is 0. The van der Waals surface area contributed by atoms with Crippen molar-refractivity contribution in [3.05, 3.63) is 18.1 Å². The van der Waals surface area contributed by atoms with Gasteiger partial charge in [-0.15, -0.1) is 0 Å². The number of aryl methyl sites for hydroxylation is 1. The standard InChI is InChI=1S/C9H15N3O2S/c1-7(6-15(3,13)14)12-9-8(2)10-4-5-11-9/h4-5,7H,6H2,1-3H3,(H,11,12). The first kappa shape index (κ1) is 11.9. The summed E-state index contributed by atoms with van der Waals surface area (Å²) in [6.07, 6.45) is 4.39. The van der Waals surface area contributed by atoms with Crippen LogP contribution in [0.2, 0.25) is 0 Å². The Morgan fingerprint density at radius 1 is 1.40 bits per heavy atom. The highest BCUT2D eigenvalue weighted by molar-refractivity contribution is 7.90. The predicted octanol–water partition coefficient (Wildman–Crippen LogP) is 0.630. The van der Waals surface area contributed by atoms with Crippen LogP contribution in [0.5, 0.6) is 0 Å². The number of aromatic nitrogens is 2. The average molecular weight is 229 g/mol. The third-order valence-electron chi connectivity index (χ3n) is 1.82. The van der Waals surface area contributed by atoms with E-state index in [-0.39, 0.29) is 11.8 Å². The molecular weight excluding hydrogens is 214 g/mol. The maximum Gasteiger partial charge on any atom is 0.149 e. The highest BCUT2D eigenvalue weighted by Crippen LogP contribution is 2.08. The van der Waals surface area contributed by atoms with E-state index in [0.717, 1.165) is 5.69 Å². The molecule has 0 aliphatic rings. The van der Waals surface area contributed by atoms with Crippen molar-refractivity contribution in [2.45, 2.75) is 19.9 Å². The fraction of sp³-hybridized carbons (Fsp3) is 0.556. The monoisotopic (exact) mass is 229 g/mol. The lowest BCUT2D eigenvalue weighted by molar-refractivity contribution is 0.598. The largest absolute Gasteiger partial charge is 0.365 e. The highest BCUT2D eigenvalue weighted by Gasteiger charge is 2.11. The van der Waals surface area contributed by atoms with E-state index in [1.54, 1.807) is 19.3 Å². The molecule has 1 N–H and O–H groups in total. The molecule has 5 nitrogen and oxygen atoms in total. The molecule has 0 saturated heterocycles. The van der Waals surface area contributed by atoms with Crippen LogP contribution in [0.3, 0.4) is 0 Å². The third kappa shape index (κ3) is 4.24. The first-order valence-corrected chi connectivity index (χ1v) is 6.66. The lowest BCUT2D eigenvalue weighted by Gasteiger charge is -2.14. The zero-order valence-electron chi connectivity index (χ0n) is 9.06. The van der Waals surface area contributed by atoms with Gasteiger partial charge in [0.15, 0.2) is 0 Å². The smallest absolute Gasteiger partial charge is 0.149 e. The summed E-state index contributed by atoms with van der Waals surface area (Å²) in [5.41, 5.74) is 0.762. The molecule has 0 aromatic carbocycles. The molecule has 0 bridgehead atoms. The van der Waals surface area contributed by atoms with Crippen LogP contribution in [0.15, 0.2) is 12.4 Å². The van der Waals surface area contributed by atoms with Gasteiger partial charge in [0.05, 0.1) is 11.4 Å². The second-order valence-corrected chi connectivity index (χ2v) is 5.81. The summed E-state index contributed by atoms with van der Waals surface area (Å²) in [7, 11) is -2.97. The van der Waals surface area contributed by atoms with Crippen LogP contribution < -0.4 is 5.32 Å². The van der Waals surface area contributed by atoms with Gasteiger partial charge in [0.2, 0.25) is 0 Å². The van der Waals surface area contributed by atoms with Crippen LogP contribution >= 0.6 is 0 Å². The third-order valence-corrected chi connectivity index (χ3v) is 2.92. The molecule has 0 aliphatic carbocycles. The van der Waals surface area contributed by atoms with Gasteiger partial charge in [0.1, 0.15) is 15.7 Å². The molecule has 1 atom stereocenters. The molecule has 0 radical (unpaired) electrons. The van der Waals surface area contributed by atoms with Crippen LogP contribution in [0.4, 0.5) is 5.82 Å². The topological polar surface area (TPSA) is 72.0 Å². The van der Waals surface area contributed by atoms with E-state index < -0.39 is 9.84 Å². The van der Waals surface area contributed by atoms with Gasteiger partial charge in [0.25, 0.3) is 0 Å². The Morgan fingerprint density at radius 3 is 2.53 bits per heavy atom. The number of anilines is 1. The van der Waals surface area contributed by atoms with Crippen molar-refractivity contribution in [3.8, 4) is 0 Å². The minimum atomic E-state index is -2.97. The maximum atomic E-state index is 11.0. The van der Waals surface area contributed by atoms with E-state index in [2.05, 4.69) is 15.3 Å². The Labute approximate surface area is 89.9 Å². The van der Waals surface area contributed by atoms with Crippen molar-refractivity contribution < 1.29 is 8.42 Å². The quantitative estimate of drug-likeness (QED) is 0.820. The number of nitrogens with zero attached hydrogens (tertiary/aromatic N) is 2. The molecule has 0 aliphatic heterocycles. The number of hydrogen-bond acceptors (Lipinski definition) is 5. The number of rotatable bonds is 4. The second-order valence-electron chi connectivity index (χ2n) is 3.63.